The molecule has 0 aromatic carbocycles. The van der Waals surface area contributed by atoms with Crippen molar-refractivity contribution in [1.82, 2.24) is 15.3 Å². The van der Waals surface area contributed by atoms with Gasteiger partial charge in [-0.2, -0.15) is 0 Å². The van der Waals surface area contributed by atoms with Gasteiger partial charge in [0.25, 0.3) is 0 Å². The summed E-state index contributed by atoms with van der Waals surface area (Å²) >= 11 is 0. The largest absolute Gasteiger partial charge is 0.383 e. The van der Waals surface area contributed by atoms with E-state index in [0.717, 1.165) is 62.6 Å². The standard InChI is InChI=1S/C17H31N3O/c1-13(2)8-9-17-19-14(3)16(15(4)20-17)7-6-10-18-11-12-21-5/h13,18H,6-12H2,1-5H3. The second kappa shape index (κ2) is 9.85. The van der Waals surface area contributed by atoms with Crippen molar-refractivity contribution in [2.24, 2.45) is 5.92 Å². The number of methoxy groups -OCH3 is 1. The van der Waals surface area contributed by atoms with Crippen LogP contribution in [-0.4, -0.2) is 36.8 Å². The SMILES string of the molecule is COCCNCCCc1c(C)nc(CCC(C)C)nc1C. The van der Waals surface area contributed by atoms with Crippen molar-refractivity contribution in [3.8, 4) is 0 Å². The van der Waals surface area contributed by atoms with Crippen molar-refractivity contribution in [3.05, 3.63) is 22.8 Å². The molecule has 0 spiro atoms. The summed E-state index contributed by atoms with van der Waals surface area (Å²) in [6, 6.07) is 0. The van der Waals surface area contributed by atoms with E-state index in [0.29, 0.717) is 5.92 Å². The first-order valence-electron chi connectivity index (χ1n) is 8.07. The first-order valence-corrected chi connectivity index (χ1v) is 8.07. The third-order valence-electron chi connectivity index (χ3n) is 3.68. The van der Waals surface area contributed by atoms with Gasteiger partial charge in [-0.05, 0) is 51.1 Å². The van der Waals surface area contributed by atoms with Crippen LogP contribution in [-0.2, 0) is 17.6 Å². The molecule has 120 valence electrons. The van der Waals surface area contributed by atoms with Crippen LogP contribution < -0.4 is 5.32 Å². The first-order chi connectivity index (χ1) is 10.0. The molecule has 1 heterocycles. The minimum atomic E-state index is 0.701. The molecule has 0 bridgehead atoms. The monoisotopic (exact) mass is 293 g/mol. The Bertz CT molecular complexity index is 395. The zero-order chi connectivity index (χ0) is 15.7. The Morgan fingerprint density at radius 3 is 2.29 bits per heavy atom. The number of aryl methyl sites for hydroxylation is 3. The number of ether oxygens (including phenoxy) is 1. The number of aromatic nitrogens is 2. The Balaban J connectivity index is 2.47. The van der Waals surface area contributed by atoms with Crippen LogP contribution >= 0.6 is 0 Å². The van der Waals surface area contributed by atoms with E-state index in [2.05, 4.69) is 43.0 Å². The highest BCUT2D eigenvalue weighted by molar-refractivity contribution is 5.24. The maximum Gasteiger partial charge on any atom is 0.128 e. The maximum absolute atomic E-state index is 5.02. The van der Waals surface area contributed by atoms with Crippen LogP contribution in [0.1, 0.15) is 49.5 Å². The molecule has 0 unspecified atom stereocenters. The number of nitrogens with one attached hydrogen (secondary N) is 1. The van der Waals surface area contributed by atoms with E-state index in [4.69, 9.17) is 4.74 Å². The molecule has 0 atom stereocenters. The molecule has 0 saturated heterocycles. The molecule has 1 aromatic heterocycles. The molecule has 1 N–H and O–H groups in total. The van der Waals surface area contributed by atoms with Gasteiger partial charge < -0.3 is 10.1 Å². The number of hydrogen-bond donors (Lipinski definition) is 1. The van der Waals surface area contributed by atoms with Gasteiger partial charge in [-0.1, -0.05) is 13.8 Å². The van der Waals surface area contributed by atoms with Crippen molar-refractivity contribution in [2.45, 2.75) is 53.4 Å². The molecule has 0 saturated carbocycles. The van der Waals surface area contributed by atoms with Crippen molar-refractivity contribution in [2.75, 3.05) is 26.8 Å². The Labute approximate surface area is 129 Å². The van der Waals surface area contributed by atoms with Gasteiger partial charge in [0.15, 0.2) is 0 Å². The van der Waals surface area contributed by atoms with Crippen LogP contribution in [0.25, 0.3) is 0 Å². The number of hydrogen-bond acceptors (Lipinski definition) is 4. The zero-order valence-corrected chi connectivity index (χ0v) is 14.3. The molecule has 0 fully saturated rings. The first kappa shape index (κ1) is 18.1. The molecule has 0 radical (unpaired) electrons. The molecule has 1 rings (SSSR count). The molecule has 0 aliphatic heterocycles. The lowest BCUT2D eigenvalue weighted by Crippen LogP contribution is -2.21. The quantitative estimate of drug-likeness (QED) is 0.674. The topological polar surface area (TPSA) is 47.0 Å². The third kappa shape index (κ3) is 7.00. The summed E-state index contributed by atoms with van der Waals surface area (Å²) in [5, 5.41) is 3.37. The zero-order valence-electron chi connectivity index (χ0n) is 14.3. The van der Waals surface area contributed by atoms with Crippen LogP contribution in [0.2, 0.25) is 0 Å². The normalized spacial score (nSPS) is 11.3. The Morgan fingerprint density at radius 2 is 1.71 bits per heavy atom. The molecule has 0 aliphatic carbocycles. The van der Waals surface area contributed by atoms with Gasteiger partial charge in [0.1, 0.15) is 5.82 Å². The highest BCUT2D eigenvalue weighted by Gasteiger charge is 2.08. The van der Waals surface area contributed by atoms with Crippen molar-refractivity contribution < 1.29 is 4.74 Å². The molecular formula is C17H31N3O. The average Bonchev–Trinajstić information content (AvgIpc) is 2.42. The van der Waals surface area contributed by atoms with E-state index >= 15 is 0 Å². The molecule has 1 aromatic rings. The van der Waals surface area contributed by atoms with Crippen LogP contribution in [0, 0.1) is 19.8 Å². The second-order valence-corrected chi connectivity index (χ2v) is 6.07. The highest BCUT2D eigenvalue weighted by atomic mass is 16.5. The van der Waals surface area contributed by atoms with Gasteiger partial charge in [0, 0.05) is 31.5 Å². The predicted octanol–water partition coefficient (Wildman–Crippen LogP) is 2.85. The van der Waals surface area contributed by atoms with Crippen molar-refractivity contribution in [3.63, 3.8) is 0 Å². The number of rotatable bonds is 10. The Hall–Kier alpha value is -1.00. The van der Waals surface area contributed by atoms with E-state index in [-0.39, 0.29) is 0 Å². The lowest BCUT2D eigenvalue weighted by molar-refractivity contribution is 0.199. The summed E-state index contributed by atoms with van der Waals surface area (Å²) in [5.41, 5.74) is 3.62. The smallest absolute Gasteiger partial charge is 0.128 e. The van der Waals surface area contributed by atoms with Gasteiger partial charge in [-0.15, -0.1) is 0 Å². The fourth-order valence-electron chi connectivity index (χ4n) is 2.39. The predicted molar refractivity (Wildman–Crippen MR) is 87.7 cm³/mol. The van der Waals surface area contributed by atoms with Crippen molar-refractivity contribution >= 4 is 0 Å². The van der Waals surface area contributed by atoms with Gasteiger partial charge in [-0.3, -0.25) is 0 Å². The second-order valence-electron chi connectivity index (χ2n) is 6.07. The fraction of sp³-hybridized carbons (Fsp3) is 0.765. The van der Waals surface area contributed by atoms with Crippen LogP contribution in [0.3, 0.4) is 0 Å². The van der Waals surface area contributed by atoms with Crippen LogP contribution in [0.15, 0.2) is 0 Å². The molecule has 4 nitrogen and oxygen atoms in total. The Kier molecular flexibility index (Phi) is 8.47. The van der Waals surface area contributed by atoms with E-state index in [1.165, 1.54) is 5.56 Å². The molecule has 0 amide bonds. The minimum absolute atomic E-state index is 0.701. The summed E-state index contributed by atoms with van der Waals surface area (Å²) < 4.78 is 5.02. The highest BCUT2D eigenvalue weighted by Crippen LogP contribution is 2.14. The van der Waals surface area contributed by atoms with E-state index in [1.54, 1.807) is 7.11 Å². The molecule has 4 heteroatoms. The minimum Gasteiger partial charge on any atom is -0.383 e. The van der Waals surface area contributed by atoms with Gasteiger partial charge >= 0.3 is 0 Å². The van der Waals surface area contributed by atoms with E-state index in [9.17, 15) is 0 Å². The fourth-order valence-corrected chi connectivity index (χ4v) is 2.39. The van der Waals surface area contributed by atoms with E-state index in [1.807, 2.05) is 0 Å². The van der Waals surface area contributed by atoms with Crippen LogP contribution in [0.4, 0.5) is 0 Å². The number of nitrogens with zero attached hydrogens (tertiary/aromatic N) is 2. The average molecular weight is 293 g/mol. The van der Waals surface area contributed by atoms with E-state index < -0.39 is 0 Å². The van der Waals surface area contributed by atoms with Gasteiger partial charge in [0.05, 0.1) is 6.61 Å². The summed E-state index contributed by atoms with van der Waals surface area (Å²) in [6.45, 7) is 11.4. The lowest BCUT2D eigenvalue weighted by atomic mass is 10.0. The van der Waals surface area contributed by atoms with Gasteiger partial charge in [0.2, 0.25) is 0 Å². The summed E-state index contributed by atoms with van der Waals surface area (Å²) in [6.07, 6.45) is 4.29. The summed E-state index contributed by atoms with van der Waals surface area (Å²) in [5.74, 6) is 1.70. The molecule has 0 aliphatic rings. The Morgan fingerprint density at radius 1 is 1.05 bits per heavy atom. The van der Waals surface area contributed by atoms with Crippen molar-refractivity contribution in [1.29, 1.82) is 0 Å². The van der Waals surface area contributed by atoms with Crippen LogP contribution in [0.5, 0.6) is 0 Å². The van der Waals surface area contributed by atoms with Gasteiger partial charge in [-0.25, -0.2) is 9.97 Å². The third-order valence-corrected chi connectivity index (χ3v) is 3.68. The summed E-state index contributed by atoms with van der Waals surface area (Å²) in [4.78, 5) is 9.37. The molecular weight excluding hydrogens is 262 g/mol. The summed E-state index contributed by atoms with van der Waals surface area (Å²) in [7, 11) is 1.73. The lowest BCUT2D eigenvalue weighted by Gasteiger charge is -2.12. The maximum atomic E-state index is 5.02. The molecule has 21 heavy (non-hydrogen) atoms.